The zero-order valence-corrected chi connectivity index (χ0v) is 11.6. The Morgan fingerprint density at radius 3 is 2.67 bits per heavy atom. The molecule has 0 saturated carbocycles. The minimum Gasteiger partial charge on any atom is -0.249 e. The van der Waals surface area contributed by atoms with Gasteiger partial charge >= 0.3 is 6.18 Å². The molecule has 0 N–H and O–H groups in total. The molecule has 0 aliphatic rings. The number of hydrogen-bond acceptors (Lipinski definition) is 5. The molecule has 0 saturated heterocycles. The highest BCUT2D eigenvalue weighted by Gasteiger charge is 2.30. The van der Waals surface area contributed by atoms with Gasteiger partial charge < -0.3 is 0 Å². The van der Waals surface area contributed by atoms with Crippen LogP contribution in [0.2, 0.25) is 5.15 Å². The number of rotatable bonds is 2. The van der Waals surface area contributed by atoms with E-state index >= 15 is 0 Å². The highest BCUT2D eigenvalue weighted by molar-refractivity contribution is 7.99. The third-order valence-electron chi connectivity index (χ3n) is 2.46. The Morgan fingerprint density at radius 1 is 1.19 bits per heavy atom. The summed E-state index contributed by atoms with van der Waals surface area (Å²) in [6, 6.07) is 3.79. The van der Waals surface area contributed by atoms with Crippen molar-refractivity contribution in [3.8, 4) is 0 Å². The Bertz CT molecular complexity index is 787. The van der Waals surface area contributed by atoms with Crippen LogP contribution in [0.1, 0.15) is 5.56 Å². The molecule has 0 bridgehead atoms. The summed E-state index contributed by atoms with van der Waals surface area (Å²) in [5, 5.41) is 5.11. The normalized spacial score (nSPS) is 12.0. The van der Waals surface area contributed by atoms with Crippen molar-refractivity contribution in [3.63, 3.8) is 0 Å². The molecule has 10 heteroatoms. The number of aromatic nitrogens is 5. The van der Waals surface area contributed by atoms with Crippen LogP contribution in [0, 0.1) is 0 Å². The second kappa shape index (κ2) is 5.15. The molecular formula is C11H5ClF3N5S. The standard InChI is InChI=1S/C11H5ClF3N5S/c12-7-3-9(20-10(19-7)17-5-18-20)21-8-2-1-6(4-16-8)11(13,14)15/h1-5H. The Labute approximate surface area is 125 Å². The molecule has 5 nitrogen and oxygen atoms in total. The van der Waals surface area contributed by atoms with Crippen LogP contribution in [0.25, 0.3) is 5.78 Å². The molecule has 108 valence electrons. The van der Waals surface area contributed by atoms with E-state index in [0.717, 1.165) is 24.0 Å². The van der Waals surface area contributed by atoms with E-state index in [4.69, 9.17) is 11.6 Å². The van der Waals surface area contributed by atoms with Crippen molar-refractivity contribution >= 4 is 29.1 Å². The molecule has 3 heterocycles. The summed E-state index contributed by atoms with van der Waals surface area (Å²) in [7, 11) is 0. The smallest absolute Gasteiger partial charge is 0.249 e. The van der Waals surface area contributed by atoms with E-state index in [1.165, 1.54) is 23.0 Å². The lowest BCUT2D eigenvalue weighted by molar-refractivity contribution is -0.137. The summed E-state index contributed by atoms with van der Waals surface area (Å²) in [6.45, 7) is 0. The van der Waals surface area contributed by atoms with E-state index in [1.54, 1.807) is 0 Å². The fourth-order valence-electron chi connectivity index (χ4n) is 1.55. The van der Waals surface area contributed by atoms with Crippen LogP contribution in [0.4, 0.5) is 13.2 Å². The maximum Gasteiger partial charge on any atom is 0.417 e. The predicted molar refractivity (Wildman–Crippen MR) is 69.2 cm³/mol. The molecule has 0 atom stereocenters. The van der Waals surface area contributed by atoms with Gasteiger partial charge in [-0.15, -0.1) is 0 Å². The third kappa shape index (κ3) is 2.93. The van der Waals surface area contributed by atoms with Crippen LogP contribution >= 0.6 is 23.4 Å². The Balaban J connectivity index is 1.93. The van der Waals surface area contributed by atoms with Gasteiger partial charge in [0.2, 0.25) is 0 Å². The third-order valence-corrected chi connectivity index (χ3v) is 3.60. The fourth-order valence-corrected chi connectivity index (χ4v) is 2.63. The number of halogens is 4. The van der Waals surface area contributed by atoms with Gasteiger partial charge in [-0.2, -0.15) is 32.8 Å². The molecule has 0 fully saturated rings. The monoisotopic (exact) mass is 331 g/mol. The summed E-state index contributed by atoms with van der Waals surface area (Å²) in [5.74, 6) is 0.303. The van der Waals surface area contributed by atoms with Crippen molar-refractivity contribution in [1.82, 2.24) is 24.6 Å². The molecule has 0 radical (unpaired) electrons. The van der Waals surface area contributed by atoms with Gasteiger partial charge in [0.25, 0.3) is 5.78 Å². The van der Waals surface area contributed by atoms with E-state index in [-0.39, 0.29) is 5.15 Å². The topological polar surface area (TPSA) is 56.0 Å². The molecule has 3 aromatic rings. The van der Waals surface area contributed by atoms with Gasteiger partial charge in [0, 0.05) is 12.3 Å². The number of pyridine rings is 1. The van der Waals surface area contributed by atoms with Crippen LogP contribution < -0.4 is 0 Å². The molecule has 0 spiro atoms. The zero-order valence-electron chi connectivity index (χ0n) is 10.0. The molecule has 0 aliphatic carbocycles. The lowest BCUT2D eigenvalue weighted by Gasteiger charge is -2.07. The molecule has 0 aliphatic heterocycles. The van der Waals surface area contributed by atoms with Gasteiger partial charge in [-0.3, -0.25) is 0 Å². The number of hydrogen-bond donors (Lipinski definition) is 0. The van der Waals surface area contributed by atoms with Gasteiger partial charge in [0.05, 0.1) is 5.56 Å². The Morgan fingerprint density at radius 2 is 2.00 bits per heavy atom. The SMILES string of the molecule is FC(F)(F)c1ccc(Sc2cc(Cl)nc3ncnn23)nc1. The molecule has 0 aromatic carbocycles. The van der Waals surface area contributed by atoms with Gasteiger partial charge in [-0.05, 0) is 23.9 Å². The number of fused-ring (bicyclic) bond motifs is 1. The average Bonchev–Trinajstić information content (AvgIpc) is 2.86. The summed E-state index contributed by atoms with van der Waals surface area (Å²) in [5.41, 5.74) is -0.800. The van der Waals surface area contributed by atoms with E-state index in [2.05, 4.69) is 20.1 Å². The molecule has 0 unspecified atom stereocenters. The molecule has 3 rings (SSSR count). The quantitative estimate of drug-likeness (QED) is 0.674. The van der Waals surface area contributed by atoms with Crippen LogP contribution in [-0.4, -0.2) is 24.6 Å². The van der Waals surface area contributed by atoms with Crippen molar-refractivity contribution in [2.45, 2.75) is 16.2 Å². The largest absolute Gasteiger partial charge is 0.417 e. The molecule has 21 heavy (non-hydrogen) atoms. The fraction of sp³-hybridized carbons (Fsp3) is 0.0909. The number of nitrogens with zero attached hydrogens (tertiary/aromatic N) is 5. The number of alkyl halides is 3. The van der Waals surface area contributed by atoms with E-state index in [0.29, 0.717) is 15.8 Å². The van der Waals surface area contributed by atoms with Crippen LogP contribution in [-0.2, 0) is 6.18 Å². The molecule has 3 aromatic heterocycles. The van der Waals surface area contributed by atoms with Crippen molar-refractivity contribution in [3.05, 3.63) is 41.4 Å². The zero-order chi connectivity index (χ0) is 15.0. The Kier molecular flexibility index (Phi) is 3.46. The van der Waals surface area contributed by atoms with Crippen LogP contribution in [0.5, 0.6) is 0 Å². The second-order valence-corrected chi connectivity index (χ2v) is 5.30. The van der Waals surface area contributed by atoms with E-state index in [9.17, 15) is 13.2 Å². The first-order valence-electron chi connectivity index (χ1n) is 5.51. The predicted octanol–water partition coefficient (Wildman–Crippen LogP) is 3.34. The summed E-state index contributed by atoms with van der Waals surface area (Å²) in [4.78, 5) is 11.6. The summed E-state index contributed by atoms with van der Waals surface area (Å²) < 4.78 is 38.8. The first-order chi connectivity index (χ1) is 9.93. The highest BCUT2D eigenvalue weighted by Crippen LogP contribution is 2.31. The lowest BCUT2D eigenvalue weighted by atomic mass is 10.3. The van der Waals surface area contributed by atoms with E-state index < -0.39 is 11.7 Å². The van der Waals surface area contributed by atoms with Crippen molar-refractivity contribution in [2.24, 2.45) is 0 Å². The highest BCUT2D eigenvalue weighted by atomic mass is 35.5. The summed E-state index contributed by atoms with van der Waals surface area (Å²) >= 11 is 6.97. The lowest BCUT2D eigenvalue weighted by Crippen LogP contribution is -2.05. The van der Waals surface area contributed by atoms with E-state index in [1.807, 2.05) is 0 Å². The van der Waals surface area contributed by atoms with Crippen LogP contribution in [0.3, 0.4) is 0 Å². The molecule has 0 amide bonds. The van der Waals surface area contributed by atoms with Crippen molar-refractivity contribution in [2.75, 3.05) is 0 Å². The average molecular weight is 332 g/mol. The minimum atomic E-state index is -4.41. The molecular weight excluding hydrogens is 327 g/mol. The maximum atomic E-state index is 12.5. The van der Waals surface area contributed by atoms with Gasteiger partial charge in [0.15, 0.2) is 0 Å². The van der Waals surface area contributed by atoms with Crippen molar-refractivity contribution < 1.29 is 13.2 Å². The van der Waals surface area contributed by atoms with Crippen molar-refractivity contribution in [1.29, 1.82) is 0 Å². The second-order valence-electron chi connectivity index (χ2n) is 3.87. The van der Waals surface area contributed by atoms with Crippen LogP contribution in [0.15, 0.2) is 40.8 Å². The van der Waals surface area contributed by atoms with Gasteiger partial charge in [-0.1, -0.05) is 11.6 Å². The minimum absolute atomic E-state index is 0.213. The maximum absolute atomic E-state index is 12.5. The first kappa shape index (κ1) is 14.1. The summed E-state index contributed by atoms with van der Waals surface area (Å²) in [6.07, 6.45) is -2.32. The van der Waals surface area contributed by atoms with Gasteiger partial charge in [0.1, 0.15) is 21.5 Å². The van der Waals surface area contributed by atoms with Gasteiger partial charge in [-0.25, -0.2) is 4.98 Å². The Hall–Kier alpha value is -1.87. The first-order valence-corrected chi connectivity index (χ1v) is 6.70.